The third kappa shape index (κ3) is 1.51. The minimum atomic E-state index is -0.266. The van der Waals surface area contributed by atoms with E-state index in [0.717, 1.165) is 10.6 Å². The van der Waals surface area contributed by atoms with Gasteiger partial charge in [0.2, 0.25) is 0 Å². The van der Waals surface area contributed by atoms with Gasteiger partial charge in [0.15, 0.2) is 5.44 Å². The summed E-state index contributed by atoms with van der Waals surface area (Å²) in [6.07, 6.45) is 1.82. The van der Waals surface area contributed by atoms with Crippen LogP contribution < -0.4 is 0 Å². The molecule has 0 spiro atoms. The van der Waals surface area contributed by atoms with Crippen molar-refractivity contribution in [2.45, 2.75) is 10.3 Å². The molecule has 3 nitrogen and oxygen atoms in total. The van der Waals surface area contributed by atoms with Crippen molar-refractivity contribution in [1.82, 2.24) is 4.98 Å². The van der Waals surface area contributed by atoms with E-state index in [1.807, 2.05) is 36.5 Å². The summed E-state index contributed by atoms with van der Waals surface area (Å²) in [6, 6.07) is 11.3. The van der Waals surface area contributed by atoms with E-state index in [4.69, 9.17) is 4.74 Å². The molecule has 0 bridgehead atoms. The van der Waals surface area contributed by atoms with E-state index in [-0.39, 0.29) is 11.4 Å². The van der Waals surface area contributed by atoms with Crippen molar-refractivity contribution < 1.29 is 9.53 Å². The second kappa shape index (κ2) is 3.72. The minimum absolute atomic E-state index is 0.256. The van der Waals surface area contributed by atoms with Crippen LogP contribution in [-0.4, -0.2) is 11.0 Å². The molecule has 0 saturated heterocycles. The Labute approximate surface area is 96.8 Å². The maximum absolute atomic E-state index is 11.7. The molecule has 0 amide bonds. The third-order valence-electron chi connectivity index (χ3n) is 2.43. The Kier molecular flexibility index (Phi) is 2.22. The van der Waals surface area contributed by atoms with Gasteiger partial charge in [0.1, 0.15) is 0 Å². The second-order valence-electron chi connectivity index (χ2n) is 3.48. The molecule has 1 unspecified atom stereocenters. The van der Waals surface area contributed by atoms with Crippen LogP contribution in [0.25, 0.3) is 0 Å². The number of rotatable bonds is 1. The zero-order valence-corrected chi connectivity index (χ0v) is 9.16. The summed E-state index contributed by atoms with van der Waals surface area (Å²) in [5, 5.41) is 0. The number of carbonyl (C=O) groups is 1. The van der Waals surface area contributed by atoms with Crippen LogP contribution in [0, 0.1) is 0 Å². The molecule has 2 heterocycles. The minimum Gasteiger partial charge on any atom is -0.441 e. The van der Waals surface area contributed by atoms with Gasteiger partial charge >= 0.3 is 5.97 Å². The van der Waals surface area contributed by atoms with Crippen LogP contribution in [0.2, 0.25) is 0 Å². The monoisotopic (exact) mass is 231 g/mol. The van der Waals surface area contributed by atoms with Gasteiger partial charge in [-0.05, 0) is 24.3 Å². The molecule has 0 aliphatic carbocycles. The Hall–Kier alpha value is -1.68. The first-order valence-electron chi connectivity index (χ1n) is 4.94. The van der Waals surface area contributed by atoms with Gasteiger partial charge < -0.3 is 9.72 Å². The molecule has 16 heavy (non-hydrogen) atoms. The zero-order valence-electron chi connectivity index (χ0n) is 8.34. The van der Waals surface area contributed by atoms with E-state index in [0.29, 0.717) is 5.56 Å². The number of fused-ring (bicyclic) bond motifs is 1. The Morgan fingerprint density at radius 2 is 2.06 bits per heavy atom. The Morgan fingerprint density at radius 1 is 1.19 bits per heavy atom. The van der Waals surface area contributed by atoms with Crippen LogP contribution in [-0.2, 0) is 4.74 Å². The molecule has 1 N–H and O–H groups in total. The molecule has 0 radical (unpaired) electrons. The number of esters is 1. The summed E-state index contributed by atoms with van der Waals surface area (Å²) in [6.45, 7) is 0. The zero-order chi connectivity index (χ0) is 11.0. The summed E-state index contributed by atoms with van der Waals surface area (Å²) in [5.41, 5.74) is 1.29. The number of cyclic esters (lactones) is 1. The number of carbonyl (C=O) groups excluding carboxylic acids is 1. The van der Waals surface area contributed by atoms with E-state index in [1.54, 1.807) is 17.8 Å². The van der Waals surface area contributed by atoms with Gasteiger partial charge in [-0.2, -0.15) is 0 Å². The molecule has 1 aromatic heterocycles. The van der Waals surface area contributed by atoms with Crippen molar-refractivity contribution in [3.63, 3.8) is 0 Å². The van der Waals surface area contributed by atoms with Gasteiger partial charge in [-0.3, -0.25) is 0 Å². The first-order valence-corrected chi connectivity index (χ1v) is 5.82. The summed E-state index contributed by atoms with van der Waals surface area (Å²) in [5.74, 6) is -0.256. The number of aromatic nitrogens is 1. The molecule has 0 saturated carbocycles. The highest BCUT2D eigenvalue weighted by Gasteiger charge is 2.28. The lowest BCUT2D eigenvalue weighted by Crippen LogP contribution is -2.15. The molecule has 2 aromatic rings. The molecule has 0 fully saturated rings. The lowest BCUT2D eigenvalue weighted by Gasteiger charge is -2.22. The number of thioether (sulfide) groups is 1. The van der Waals surface area contributed by atoms with Gasteiger partial charge in [-0.1, -0.05) is 23.9 Å². The van der Waals surface area contributed by atoms with Crippen molar-refractivity contribution in [3.8, 4) is 0 Å². The standard InChI is InChI=1S/C12H9NO2S/c14-11-8-4-1-2-6-10(8)16-12(15-11)9-5-3-7-13-9/h1-7,12-13H. The summed E-state index contributed by atoms with van der Waals surface area (Å²) >= 11 is 1.54. The van der Waals surface area contributed by atoms with E-state index < -0.39 is 0 Å². The number of aromatic amines is 1. The van der Waals surface area contributed by atoms with E-state index in [1.165, 1.54) is 0 Å². The first kappa shape index (κ1) is 9.54. The van der Waals surface area contributed by atoms with Gasteiger partial charge in [0, 0.05) is 11.1 Å². The molecule has 1 aromatic carbocycles. The molecular formula is C12H9NO2S. The summed E-state index contributed by atoms with van der Waals surface area (Å²) in [4.78, 5) is 15.8. The maximum atomic E-state index is 11.7. The van der Waals surface area contributed by atoms with Crippen LogP contribution in [0.5, 0.6) is 0 Å². The number of benzene rings is 1. The Bertz CT molecular complexity index is 522. The number of hydrogen-bond donors (Lipinski definition) is 1. The fourth-order valence-electron chi connectivity index (χ4n) is 1.66. The number of H-pyrrole nitrogens is 1. The summed E-state index contributed by atoms with van der Waals surface area (Å²) < 4.78 is 5.35. The predicted molar refractivity (Wildman–Crippen MR) is 61.2 cm³/mol. The van der Waals surface area contributed by atoms with E-state index >= 15 is 0 Å². The molecular weight excluding hydrogens is 222 g/mol. The van der Waals surface area contributed by atoms with Gasteiger partial charge in [0.25, 0.3) is 0 Å². The maximum Gasteiger partial charge on any atom is 0.340 e. The molecule has 80 valence electrons. The molecule has 3 rings (SSSR count). The smallest absolute Gasteiger partial charge is 0.340 e. The van der Waals surface area contributed by atoms with Gasteiger partial charge in [0.05, 0.1) is 11.3 Å². The largest absolute Gasteiger partial charge is 0.441 e. The number of nitrogens with one attached hydrogen (secondary N) is 1. The average molecular weight is 231 g/mol. The SMILES string of the molecule is O=C1OC(c2ccc[nH]2)Sc2ccccc21. The average Bonchev–Trinajstić information content (AvgIpc) is 2.82. The lowest BCUT2D eigenvalue weighted by molar-refractivity contribution is 0.0435. The van der Waals surface area contributed by atoms with Gasteiger partial charge in [-0.25, -0.2) is 4.79 Å². The topological polar surface area (TPSA) is 42.1 Å². The quantitative estimate of drug-likeness (QED) is 0.767. The van der Waals surface area contributed by atoms with Gasteiger partial charge in [-0.15, -0.1) is 0 Å². The normalized spacial score (nSPS) is 19.0. The molecule has 1 atom stereocenters. The first-order chi connectivity index (χ1) is 7.84. The van der Waals surface area contributed by atoms with Crippen molar-refractivity contribution in [2.75, 3.05) is 0 Å². The van der Waals surface area contributed by atoms with Crippen molar-refractivity contribution >= 4 is 17.7 Å². The number of hydrogen-bond acceptors (Lipinski definition) is 3. The van der Waals surface area contributed by atoms with E-state index in [2.05, 4.69) is 4.98 Å². The Morgan fingerprint density at radius 3 is 2.88 bits per heavy atom. The highest BCUT2D eigenvalue weighted by atomic mass is 32.2. The highest BCUT2D eigenvalue weighted by Crippen LogP contribution is 2.41. The van der Waals surface area contributed by atoms with E-state index in [9.17, 15) is 4.79 Å². The van der Waals surface area contributed by atoms with Crippen LogP contribution in [0.3, 0.4) is 0 Å². The fourth-order valence-corrected chi connectivity index (χ4v) is 2.73. The molecule has 4 heteroatoms. The molecule has 1 aliphatic heterocycles. The molecule has 1 aliphatic rings. The second-order valence-corrected chi connectivity index (χ2v) is 4.58. The Balaban J connectivity index is 1.98. The lowest BCUT2D eigenvalue weighted by atomic mass is 10.2. The third-order valence-corrected chi connectivity index (χ3v) is 3.61. The summed E-state index contributed by atoms with van der Waals surface area (Å²) in [7, 11) is 0. The van der Waals surface area contributed by atoms with Crippen molar-refractivity contribution in [2.24, 2.45) is 0 Å². The van der Waals surface area contributed by atoms with Crippen molar-refractivity contribution in [1.29, 1.82) is 0 Å². The van der Waals surface area contributed by atoms with Crippen LogP contribution >= 0.6 is 11.8 Å². The van der Waals surface area contributed by atoms with Crippen LogP contribution in [0.15, 0.2) is 47.5 Å². The van der Waals surface area contributed by atoms with Crippen LogP contribution in [0.1, 0.15) is 21.5 Å². The fraction of sp³-hybridized carbons (Fsp3) is 0.0833. The predicted octanol–water partition coefficient (Wildman–Crippen LogP) is 2.98. The highest BCUT2D eigenvalue weighted by molar-refractivity contribution is 7.99. The number of ether oxygens (including phenoxy) is 1. The van der Waals surface area contributed by atoms with Crippen LogP contribution in [0.4, 0.5) is 0 Å². The van der Waals surface area contributed by atoms with Crippen molar-refractivity contribution in [3.05, 3.63) is 53.9 Å².